The Hall–Kier alpha value is -4.26. The second-order valence-corrected chi connectivity index (χ2v) is 9.46. The van der Waals surface area contributed by atoms with Gasteiger partial charge in [0, 0.05) is 43.8 Å². The van der Waals surface area contributed by atoms with Gasteiger partial charge in [-0.2, -0.15) is 5.10 Å². The summed E-state index contributed by atoms with van der Waals surface area (Å²) in [6.45, 7) is 2.00. The van der Waals surface area contributed by atoms with Crippen molar-refractivity contribution in [2.75, 3.05) is 7.05 Å². The zero-order valence-corrected chi connectivity index (χ0v) is 20.1. The summed E-state index contributed by atoms with van der Waals surface area (Å²) in [7, 11) is -3.96. The van der Waals surface area contributed by atoms with E-state index in [1.54, 1.807) is 19.1 Å². The lowest BCUT2D eigenvalue weighted by molar-refractivity contribution is 0.200. The second-order valence-electron chi connectivity index (χ2n) is 7.58. The number of aryl methyl sites for hydroxylation is 1. The predicted molar refractivity (Wildman–Crippen MR) is 123 cm³/mol. The largest absolute Gasteiger partial charge is 0.412 e. The maximum absolute atomic E-state index is 16.0. The fraction of sp³-hybridized carbons (Fsp3) is 0.125. The molecule has 1 N–H and O–H groups in total. The van der Waals surface area contributed by atoms with E-state index in [0.29, 0.717) is 29.8 Å². The van der Waals surface area contributed by atoms with Crippen molar-refractivity contribution in [2.24, 2.45) is 0 Å². The lowest BCUT2D eigenvalue weighted by Gasteiger charge is -2.15. The van der Waals surface area contributed by atoms with Gasteiger partial charge in [-0.3, -0.25) is 9.67 Å². The molecule has 0 radical (unpaired) electrons. The van der Waals surface area contributed by atoms with Crippen molar-refractivity contribution in [1.82, 2.24) is 20.1 Å². The third kappa shape index (κ3) is 4.77. The Labute approximate surface area is 208 Å². The smallest absolute Gasteiger partial charge is 0.407 e. The first-order chi connectivity index (χ1) is 17.6. The zero-order chi connectivity index (χ0) is 26.9. The average Bonchev–Trinajstić information content (AvgIpc) is 3.31. The van der Waals surface area contributed by atoms with E-state index < -0.39 is 60.3 Å². The number of aromatic nitrogens is 3. The molecule has 0 atom stereocenters. The molecule has 0 aliphatic rings. The van der Waals surface area contributed by atoms with Crippen molar-refractivity contribution in [3.63, 3.8) is 0 Å². The van der Waals surface area contributed by atoms with E-state index in [1.165, 1.54) is 23.3 Å². The molecule has 0 bridgehead atoms. The summed E-state index contributed by atoms with van der Waals surface area (Å²) in [4.78, 5) is 13.3. The van der Waals surface area contributed by atoms with Crippen LogP contribution in [-0.2, 0) is 16.4 Å². The molecule has 0 fully saturated rings. The summed E-state index contributed by atoms with van der Waals surface area (Å²) < 4.78 is 92.7. The monoisotopic (exact) mass is 534 g/mol. The van der Waals surface area contributed by atoms with Crippen LogP contribution in [0.5, 0.6) is 5.75 Å². The number of nitrogens with one attached hydrogen (secondary N) is 1. The molecule has 0 aliphatic carbocycles. The van der Waals surface area contributed by atoms with Crippen LogP contribution in [0.1, 0.15) is 6.92 Å². The number of carbonyl (C=O) groups excluding carboxylic acids is 1. The van der Waals surface area contributed by atoms with Gasteiger partial charge in [0.15, 0.2) is 17.4 Å². The van der Waals surface area contributed by atoms with E-state index in [0.717, 1.165) is 7.05 Å². The number of ether oxygens (including phenoxy) is 1. The second kappa shape index (κ2) is 10.0. The molecule has 0 saturated heterocycles. The minimum Gasteiger partial charge on any atom is -0.407 e. The minimum absolute atomic E-state index is 0.208. The predicted octanol–water partition coefficient (Wildman–Crippen LogP) is 4.74. The first-order valence-electron chi connectivity index (χ1n) is 10.7. The van der Waals surface area contributed by atoms with E-state index in [9.17, 15) is 22.0 Å². The standard InChI is InChI=1S/C24H18F4N4O4S/c1-3-32-12-15(13-6-8-30-9-7-13)23(31-32)20-21(27)17(36-24(33)29-2)11-19(22(20)28)37(34,35)18-10-14(25)4-5-16(18)26/h4-12H,3H2,1-2H3,(H,29,33). The topological polar surface area (TPSA) is 103 Å². The molecule has 192 valence electrons. The Balaban J connectivity index is 2.07. The Morgan fingerprint density at radius 3 is 2.38 bits per heavy atom. The number of carbonyl (C=O) groups is 1. The van der Waals surface area contributed by atoms with Gasteiger partial charge < -0.3 is 10.1 Å². The Morgan fingerprint density at radius 2 is 1.73 bits per heavy atom. The van der Waals surface area contributed by atoms with Crippen LogP contribution in [0.15, 0.2) is 64.8 Å². The van der Waals surface area contributed by atoms with E-state index in [1.807, 2.05) is 0 Å². The third-order valence-corrected chi connectivity index (χ3v) is 7.09. The molecule has 13 heteroatoms. The maximum atomic E-state index is 16.0. The molecule has 0 saturated carbocycles. The van der Waals surface area contributed by atoms with Crippen LogP contribution in [0.3, 0.4) is 0 Å². The van der Waals surface area contributed by atoms with Gasteiger partial charge in [0.2, 0.25) is 9.84 Å². The van der Waals surface area contributed by atoms with E-state index >= 15 is 8.78 Å². The summed E-state index contributed by atoms with van der Waals surface area (Å²) >= 11 is 0. The van der Waals surface area contributed by atoms with Gasteiger partial charge in [0.05, 0.1) is 5.56 Å². The molecule has 1 amide bonds. The Bertz CT molecular complexity index is 1610. The van der Waals surface area contributed by atoms with Crippen LogP contribution in [0.4, 0.5) is 22.4 Å². The maximum Gasteiger partial charge on any atom is 0.412 e. The van der Waals surface area contributed by atoms with Gasteiger partial charge in [0.25, 0.3) is 0 Å². The molecular weight excluding hydrogens is 516 g/mol. The summed E-state index contributed by atoms with van der Waals surface area (Å²) in [5, 5.41) is 6.26. The third-order valence-electron chi connectivity index (χ3n) is 5.33. The van der Waals surface area contributed by atoms with Crippen LogP contribution >= 0.6 is 0 Å². The molecule has 8 nitrogen and oxygen atoms in total. The number of benzene rings is 2. The number of hydrogen-bond acceptors (Lipinski definition) is 6. The summed E-state index contributed by atoms with van der Waals surface area (Å²) in [5.74, 6) is -6.52. The van der Waals surface area contributed by atoms with Gasteiger partial charge in [-0.05, 0) is 42.8 Å². The van der Waals surface area contributed by atoms with E-state index in [2.05, 4.69) is 15.4 Å². The van der Waals surface area contributed by atoms with Crippen LogP contribution in [-0.4, -0.2) is 36.3 Å². The first kappa shape index (κ1) is 25.8. The summed E-state index contributed by atoms with van der Waals surface area (Å²) in [6, 6.07) is 5.07. The number of halogens is 4. The van der Waals surface area contributed by atoms with Crippen molar-refractivity contribution < 1.29 is 35.5 Å². The number of nitrogens with zero attached hydrogens (tertiary/aromatic N) is 3. The highest BCUT2D eigenvalue weighted by Crippen LogP contribution is 2.41. The lowest BCUT2D eigenvalue weighted by Crippen LogP contribution is -2.23. The first-order valence-corrected chi connectivity index (χ1v) is 12.2. The highest BCUT2D eigenvalue weighted by molar-refractivity contribution is 7.91. The molecule has 2 aromatic carbocycles. The van der Waals surface area contributed by atoms with Gasteiger partial charge >= 0.3 is 6.09 Å². The van der Waals surface area contributed by atoms with Gasteiger partial charge in [-0.25, -0.2) is 30.8 Å². The highest BCUT2D eigenvalue weighted by Gasteiger charge is 2.34. The van der Waals surface area contributed by atoms with Crippen molar-refractivity contribution in [2.45, 2.75) is 23.3 Å². The molecule has 2 aromatic heterocycles. The van der Waals surface area contributed by atoms with Crippen LogP contribution in [0.2, 0.25) is 0 Å². The van der Waals surface area contributed by atoms with Crippen LogP contribution in [0, 0.1) is 23.3 Å². The molecular formula is C24H18F4N4O4S. The lowest BCUT2D eigenvalue weighted by atomic mass is 10.0. The molecule has 0 aliphatic heterocycles. The minimum atomic E-state index is -5.12. The SMILES string of the molecule is CCn1cc(-c2ccncc2)c(-c2c(F)c(OC(=O)NC)cc(S(=O)(=O)c3cc(F)ccc3F)c2F)n1. The number of pyridine rings is 1. The fourth-order valence-corrected chi connectivity index (χ4v) is 4.96. The van der Waals surface area contributed by atoms with Gasteiger partial charge in [0.1, 0.15) is 27.1 Å². The Morgan fingerprint density at radius 1 is 1.03 bits per heavy atom. The van der Waals surface area contributed by atoms with E-state index in [-0.39, 0.29) is 17.8 Å². The number of hydrogen-bond donors (Lipinski definition) is 1. The van der Waals surface area contributed by atoms with Crippen LogP contribution in [0.25, 0.3) is 22.4 Å². The molecule has 4 rings (SSSR count). The number of rotatable bonds is 6. The van der Waals surface area contributed by atoms with Crippen molar-refractivity contribution in [1.29, 1.82) is 0 Å². The van der Waals surface area contributed by atoms with Gasteiger partial charge in [-0.1, -0.05) is 0 Å². The van der Waals surface area contributed by atoms with Crippen LogP contribution < -0.4 is 10.1 Å². The molecule has 2 heterocycles. The summed E-state index contributed by atoms with van der Waals surface area (Å²) in [5.41, 5.74) is -0.612. The summed E-state index contributed by atoms with van der Waals surface area (Å²) in [6.07, 6.45) is 3.16. The number of sulfone groups is 1. The van der Waals surface area contributed by atoms with Gasteiger partial charge in [-0.15, -0.1) is 0 Å². The van der Waals surface area contributed by atoms with Crippen molar-refractivity contribution >= 4 is 15.9 Å². The quantitative estimate of drug-likeness (QED) is 0.283. The zero-order valence-electron chi connectivity index (χ0n) is 19.3. The van der Waals surface area contributed by atoms with Crippen molar-refractivity contribution in [3.8, 4) is 28.1 Å². The fourth-order valence-electron chi connectivity index (χ4n) is 3.53. The number of amides is 1. The highest BCUT2D eigenvalue weighted by atomic mass is 32.2. The van der Waals surface area contributed by atoms with E-state index in [4.69, 9.17) is 4.74 Å². The molecule has 0 unspecified atom stereocenters. The molecule has 37 heavy (non-hydrogen) atoms. The Kier molecular flexibility index (Phi) is 6.99. The van der Waals surface area contributed by atoms with Crippen molar-refractivity contribution in [3.05, 3.63) is 78.3 Å². The molecule has 4 aromatic rings. The molecule has 0 spiro atoms. The normalized spacial score (nSPS) is 11.4. The average molecular weight is 534 g/mol.